The van der Waals surface area contributed by atoms with Gasteiger partial charge in [-0.1, -0.05) is 25.0 Å². The average molecular weight is 472 g/mol. The number of aromatic nitrogens is 2. The number of anilines is 2. The molecule has 6 nitrogen and oxygen atoms in total. The highest BCUT2D eigenvalue weighted by Gasteiger charge is 2.42. The number of nitrogens with zero attached hydrogens (tertiary/aromatic N) is 4. The Kier molecular flexibility index (Phi) is 6.23. The third-order valence-electron chi connectivity index (χ3n) is 8.85. The standard InChI is InChI=1S/C29H37N5O/c1-21(32-15-17-33(18-16-32)27-6-4-5-26-24(27)12-14-30-26)20-34(28-7-2-3-13-31-28)29(35)25-19-22-8-10-23(25)11-9-22/h2-7,12-14,21-23,25,30H,8-11,15-20H2,1H3/t21-,22?,23?,25-/m1/s1. The predicted molar refractivity (Wildman–Crippen MR) is 142 cm³/mol. The SMILES string of the molecule is C[C@H](CN(C(=O)[C@@H]1CC2CCC1CC2)c1ccccn1)N1CCN(c2cccc3[nH]ccc23)CC1. The number of carbonyl (C=O) groups is 1. The van der Waals surface area contributed by atoms with E-state index in [0.29, 0.717) is 18.4 Å². The van der Waals surface area contributed by atoms with E-state index >= 15 is 0 Å². The van der Waals surface area contributed by atoms with Crippen LogP contribution in [0.15, 0.2) is 54.9 Å². The van der Waals surface area contributed by atoms with Crippen molar-refractivity contribution in [2.24, 2.45) is 17.8 Å². The summed E-state index contributed by atoms with van der Waals surface area (Å²) in [4.78, 5) is 28.9. The highest BCUT2D eigenvalue weighted by atomic mass is 16.2. The molecule has 0 spiro atoms. The number of rotatable bonds is 6. The fourth-order valence-corrected chi connectivity index (χ4v) is 6.82. The molecule has 3 aromatic rings. The minimum Gasteiger partial charge on any atom is -0.368 e. The molecule has 3 aliphatic carbocycles. The molecule has 35 heavy (non-hydrogen) atoms. The minimum absolute atomic E-state index is 0.176. The van der Waals surface area contributed by atoms with Gasteiger partial charge in [-0.05, 0) is 68.4 Å². The molecule has 1 saturated heterocycles. The van der Waals surface area contributed by atoms with E-state index in [0.717, 1.165) is 44.3 Å². The quantitative estimate of drug-likeness (QED) is 0.554. The fourth-order valence-electron chi connectivity index (χ4n) is 6.82. The first-order chi connectivity index (χ1) is 17.2. The second kappa shape index (κ2) is 9.65. The first-order valence-corrected chi connectivity index (χ1v) is 13.4. The monoisotopic (exact) mass is 471 g/mol. The highest BCUT2D eigenvalue weighted by Crippen LogP contribution is 2.46. The molecule has 6 heteroatoms. The number of hydrogen-bond acceptors (Lipinski definition) is 4. The molecule has 2 aromatic heterocycles. The molecular weight excluding hydrogens is 434 g/mol. The maximum absolute atomic E-state index is 13.9. The number of piperazine rings is 1. The fraction of sp³-hybridized carbons (Fsp3) is 0.517. The van der Waals surface area contributed by atoms with E-state index in [-0.39, 0.29) is 12.0 Å². The molecule has 2 bridgehead atoms. The van der Waals surface area contributed by atoms with Gasteiger partial charge in [-0.25, -0.2) is 4.98 Å². The van der Waals surface area contributed by atoms with Crippen molar-refractivity contribution < 1.29 is 4.79 Å². The summed E-state index contributed by atoms with van der Waals surface area (Å²) in [7, 11) is 0. The minimum atomic E-state index is 0.176. The van der Waals surface area contributed by atoms with Gasteiger partial charge in [-0.3, -0.25) is 14.6 Å². The van der Waals surface area contributed by atoms with Gasteiger partial charge in [0.2, 0.25) is 5.91 Å². The normalized spacial score (nSPS) is 25.6. The van der Waals surface area contributed by atoms with Crippen LogP contribution < -0.4 is 9.80 Å². The zero-order valence-corrected chi connectivity index (χ0v) is 20.8. The number of carbonyl (C=O) groups excluding carboxylic acids is 1. The van der Waals surface area contributed by atoms with Crippen LogP contribution in [-0.4, -0.2) is 59.5 Å². The summed E-state index contributed by atoms with van der Waals surface area (Å²) in [5.74, 6) is 2.60. The third-order valence-corrected chi connectivity index (χ3v) is 8.85. The maximum atomic E-state index is 13.9. The summed E-state index contributed by atoms with van der Waals surface area (Å²) < 4.78 is 0. The summed E-state index contributed by atoms with van der Waals surface area (Å²) in [6, 6.07) is 14.9. The highest BCUT2D eigenvalue weighted by molar-refractivity contribution is 5.94. The second-order valence-corrected chi connectivity index (χ2v) is 10.8. The Morgan fingerprint density at radius 2 is 1.89 bits per heavy atom. The van der Waals surface area contributed by atoms with Gasteiger partial charge < -0.3 is 9.88 Å². The molecular formula is C29H37N5O. The van der Waals surface area contributed by atoms with Gasteiger partial charge in [-0.15, -0.1) is 0 Å². The van der Waals surface area contributed by atoms with E-state index in [4.69, 9.17) is 0 Å². The van der Waals surface area contributed by atoms with E-state index in [1.807, 2.05) is 35.5 Å². The summed E-state index contributed by atoms with van der Waals surface area (Å²) in [6.45, 7) is 6.98. The number of H-pyrrole nitrogens is 1. The van der Waals surface area contributed by atoms with Crippen LogP contribution in [0.25, 0.3) is 10.9 Å². The van der Waals surface area contributed by atoms with Crippen molar-refractivity contribution >= 4 is 28.3 Å². The predicted octanol–water partition coefficient (Wildman–Crippen LogP) is 4.93. The molecule has 184 valence electrons. The van der Waals surface area contributed by atoms with Gasteiger partial charge in [-0.2, -0.15) is 0 Å². The number of benzene rings is 1. The molecule has 0 unspecified atom stereocenters. The maximum Gasteiger partial charge on any atom is 0.231 e. The van der Waals surface area contributed by atoms with E-state index in [2.05, 4.69) is 51.0 Å². The van der Waals surface area contributed by atoms with Crippen molar-refractivity contribution in [3.05, 3.63) is 54.9 Å². The summed E-state index contributed by atoms with van der Waals surface area (Å²) in [5.41, 5.74) is 2.51. The lowest BCUT2D eigenvalue weighted by Gasteiger charge is -2.44. The van der Waals surface area contributed by atoms with Gasteiger partial charge in [0.05, 0.1) is 0 Å². The smallest absolute Gasteiger partial charge is 0.231 e. The van der Waals surface area contributed by atoms with Gasteiger partial charge in [0, 0.05) is 73.7 Å². The second-order valence-electron chi connectivity index (χ2n) is 10.8. The molecule has 3 saturated carbocycles. The Labute approximate surface area is 208 Å². The van der Waals surface area contributed by atoms with Crippen LogP contribution >= 0.6 is 0 Å². The molecule has 3 heterocycles. The number of fused-ring (bicyclic) bond motifs is 4. The summed E-state index contributed by atoms with van der Waals surface area (Å²) in [6.07, 6.45) is 9.99. The zero-order chi connectivity index (χ0) is 23.8. The average Bonchev–Trinajstić information content (AvgIpc) is 3.42. The molecule has 1 N–H and O–H groups in total. The molecule has 1 aliphatic heterocycles. The number of amides is 1. The van der Waals surface area contributed by atoms with Crippen LogP contribution in [0.5, 0.6) is 0 Å². The van der Waals surface area contributed by atoms with Crippen molar-refractivity contribution in [3.8, 4) is 0 Å². The van der Waals surface area contributed by atoms with Crippen LogP contribution in [-0.2, 0) is 4.79 Å². The van der Waals surface area contributed by atoms with Crippen molar-refractivity contribution in [3.63, 3.8) is 0 Å². The Morgan fingerprint density at radius 1 is 1.06 bits per heavy atom. The zero-order valence-electron chi connectivity index (χ0n) is 20.8. The summed E-state index contributed by atoms with van der Waals surface area (Å²) in [5, 5.41) is 1.29. The Balaban J connectivity index is 1.14. The third kappa shape index (κ3) is 4.44. The van der Waals surface area contributed by atoms with Gasteiger partial charge in [0.25, 0.3) is 0 Å². The van der Waals surface area contributed by atoms with Crippen LogP contribution in [0.2, 0.25) is 0 Å². The lowest BCUT2D eigenvalue weighted by molar-refractivity contribution is -0.127. The molecule has 7 rings (SSSR count). The molecule has 4 fully saturated rings. The molecule has 0 radical (unpaired) electrons. The number of aromatic amines is 1. The Bertz CT molecular complexity index is 1140. The number of nitrogens with one attached hydrogen (secondary N) is 1. The van der Waals surface area contributed by atoms with Gasteiger partial charge in [0.15, 0.2) is 0 Å². The van der Waals surface area contributed by atoms with Crippen LogP contribution in [0.1, 0.15) is 39.0 Å². The molecule has 4 aliphatic rings. The van der Waals surface area contributed by atoms with Crippen molar-refractivity contribution in [2.45, 2.75) is 45.1 Å². The van der Waals surface area contributed by atoms with Gasteiger partial charge in [0.1, 0.15) is 5.82 Å². The van der Waals surface area contributed by atoms with E-state index < -0.39 is 0 Å². The van der Waals surface area contributed by atoms with Crippen LogP contribution in [0.3, 0.4) is 0 Å². The summed E-state index contributed by atoms with van der Waals surface area (Å²) >= 11 is 0. The van der Waals surface area contributed by atoms with E-state index in [1.54, 1.807) is 0 Å². The van der Waals surface area contributed by atoms with E-state index in [1.165, 1.54) is 42.3 Å². The Hall–Kier alpha value is -2.86. The number of pyridine rings is 1. The first kappa shape index (κ1) is 22.6. The Morgan fingerprint density at radius 3 is 2.60 bits per heavy atom. The van der Waals surface area contributed by atoms with Crippen molar-refractivity contribution in [1.29, 1.82) is 0 Å². The molecule has 1 amide bonds. The van der Waals surface area contributed by atoms with Crippen LogP contribution in [0, 0.1) is 17.8 Å². The lowest BCUT2D eigenvalue weighted by Crippen LogP contribution is -2.54. The first-order valence-electron chi connectivity index (χ1n) is 13.4. The molecule has 2 atom stereocenters. The lowest BCUT2D eigenvalue weighted by atomic mass is 9.64. The van der Waals surface area contributed by atoms with Gasteiger partial charge >= 0.3 is 0 Å². The number of hydrogen-bond donors (Lipinski definition) is 1. The molecule has 1 aromatic carbocycles. The largest absolute Gasteiger partial charge is 0.368 e. The van der Waals surface area contributed by atoms with Crippen molar-refractivity contribution in [1.82, 2.24) is 14.9 Å². The van der Waals surface area contributed by atoms with Crippen molar-refractivity contribution in [2.75, 3.05) is 42.5 Å². The van der Waals surface area contributed by atoms with Crippen LogP contribution in [0.4, 0.5) is 11.5 Å². The van der Waals surface area contributed by atoms with E-state index in [9.17, 15) is 4.79 Å². The topological polar surface area (TPSA) is 55.5 Å².